The van der Waals surface area contributed by atoms with Crippen molar-refractivity contribution in [2.24, 2.45) is 0 Å². The van der Waals surface area contributed by atoms with Crippen LogP contribution in [0, 0.1) is 0 Å². The first-order valence-electron chi connectivity index (χ1n) is 7.13. The summed E-state index contributed by atoms with van der Waals surface area (Å²) in [5, 5.41) is 38.4. The zero-order chi connectivity index (χ0) is 16.6. The number of aliphatic hydroxyl groups is 2. The van der Waals surface area contributed by atoms with E-state index in [9.17, 15) is 20.1 Å². The Labute approximate surface area is 137 Å². The maximum atomic E-state index is 12.7. The van der Waals surface area contributed by atoms with Crippen LogP contribution in [0.25, 0.3) is 0 Å². The number of hydrogen-bond acceptors (Lipinski definition) is 6. The van der Waals surface area contributed by atoms with Gasteiger partial charge in [-0.25, -0.2) is 0 Å². The van der Waals surface area contributed by atoms with Crippen LogP contribution in [0.15, 0.2) is 36.4 Å². The SMILES string of the molecule is O=C1c2c(O)cccc2C(SCC(O)CO)c2cccc(O)c21. The van der Waals surface area contributed by atoms with Crippen LogP contribution in [0.4, 0.5) is 0 Å². The maximum Gasteiger partial charge on any atom is 0.201 e. The molecule has 0 aliphatic heterocycles. The number of hydrogen-bond donors (Lipinski definition) is 4. The standard InChI is InChI=1S/C17H16O5S/c18-7-9(19)8-23-17-10-3-1-5-12(20)14(10)16(22)15-11(17)4-2-6-13(15)21/h1-6,9,17-21H,7-8H2. The molecular formula is C17H16O5S. The highest BCUT2D eigenvalue weighted by atomic mass is 32.2. The van der Waals surface area contributed by atoms with Crippen molar-refractivity contribution in [3.8, 4) is 11.5 Å². The number of aromatic hydroxyl groups is 2. The first-order chi connectivity index (χ1) is 11.0. The molecule has 3 rings (SSSR count). The summed E-state index contributed by atoms with van der Waals surface area (Å²) in [6.45, 7) is -0.349. The monoisotopic (exact) mass is 332 g/mol. The molecule has 0 saturated heterocycles. The minimum absolute atomic E-state index is 0.130. The fourth-order valence-electron chi connectivity index (χ4n) is 2.78. The highest BCUT2D eigenvalue weighted by molar-refractivity contribution is 7.99. The average molecular weight is 332 g/mol. The van der Waals surface area contributed by atoms with Gasteiger partial charge in [-0.2, -0.15) is 0 Å². The van der Waals surface area contributed by atoms with E-state index >= 15 is 0 Å². The largest absolute Gasteiger partial charge is 0.507 e. The molecular weight excluding hydrogens is 316 g/mol. The molecule has 1 unspecified atom stereocenters. The van der Waals surface area contributed by atoms with Gasteiger partial charge in [0.25, 0.3) is 0 Å². The van der Waals surface area contributed by atoms with E-state index in [4.69, 9.17) is 5.11 Å². The number of phenols is 2. The number of ketones is 1. The fourth-order valence-corrected chi connectivity index (χ4v) is 4.05. The van der Waals surface area contributed by atoms with E-state index in [-0.39, 0.29) is 40.2 Å². The topological polar surface area (TPSA) is 98.0 Å². The van der Waals surface area contributed by atoms with Crippen LogP contribution in [-0.2, 0) is 0 Å². The zero-order valence-corrected chi connectivity index (χ0v) is 13.0. The van der Waals surface area contributed by atoms with Gasteiger partial charge in [0.2, 0.25) is 5.78 Å². The molecule has 0 saturated carbocycles. The lowest BCUT2D eigenvalue weighted by molar-refractivity contribution is 0.102. The smallest absolute Gasteiger partial charge is 0.201 e. The van der Waals surface area contributed by atoms with E-state index in [2.05, 4.69) is 0 Å². The second-order valence-corrected chi connectivity index (χ2v) is 6.50. The molecule has 5 nitrogen and oxygen atoms in total. The van der Waals surface area contributed by atoms with Gasteiger partial charge in [-0.1, -0.05) is 24.3 Å². The first-order valence-corrected chi connectivity index (χ1v) is 8.18. The summed E-state index contributed by atoms with van der Waals surface area (Å²) in [5.41, 5.74) is 1.64. The summed E-state index contributed by atoms with van der Waals surface area (Å²) in [6.07, 6.45) is -0.876. The van der Waals surface area contributed by atoms with Crippen LogP contribution in [-0.4, -0.2) is 44.7 Å². The fraction of sp³-hybridized carbons (Fsp3) is 0.235. The van der Waals surface area contributed by atoms with Crippen LogP contribution < -0.4 is 0 Å². The Morgan fingerprint density at radius 1 is 1.00 bits per heavy atom. The Kier molecular flexibility index (Phi) is 4.30. The van der Waals surface area contributed by atoms with E-state index in [1.54, 1.807) is 24.3 Å². The molecule has 1 atom stereocenters. The lowest BCUT2D eigenvalue weighted by atomic mass is 9.83. The van der Waals surface area contributed by atoms with Crippen LogP contribution in [0.5, 0.6) is 11.5 Å². The highest BCUT2D eigenvalue weighted by Crippen LogP contribution is 2.47. The number of fused-ring (bicyclic) bond motifs is 2. The first kappa shape index (κ1) is 15.9. The molecule has 1 aliphatic carbocycles. The Bertz CT molecular complexity index is 703. The molecule has 2 aromatic rings. The number of phenolic OH excluding ortho intramolecular Hbond substituents is 2. The minimum atomic E-state index is -0.876. The van der Waals surface area contributed by atoms with Gasteiger partial charge in [0.15, 0.2) is 0 Å². The molecule has 0 fully saturated rings. The van der Waals surface area contributed by atoms with Crippen molar-refractivity contribution in [1.82, 2.24) is 0 Å². The minimum Gasteiger partial charge on any atom is -0.507 e. The predicted molar refractivity (Wildman–Crippen MR) is 87.0 cm³/mol. The van der Waals surface area contributed by atoms with Crippen LogP contribution in [0.1, 0.15) is 32.3 Å². The number of rotatable bonds is 4. The third-order valence-corrected chi connectivity index (χ3v) is 5.25. The molecule has 0 aromatic heterocycles. The Hall–Kier alpha value is -2.02. The van der Waals surface area contributed by atoms with Crippen molar-refractivity contribution in [2.45, 2.75) is 11.4 Å². The predicted octanol–water partition coefficient (Wildman–Crippen LogP) is 1.82. The van der Waals surface area contributed by atoms with Crippen molar-refractivity contribution in [3.05, 3.63) is 58.7 Å². The van der Waals surface area contributed by atoms with E-state index in [0.717, 1.165) is 0 Å². The molecule has 2 aromatic carbocycles. The molecule has 1 aliphatic rings. The van der Waals surface area contributed by atoms with Gasteiger partial charge in [0.05, 0.1) is 29.1 Å². The lowest BCUT2D eigenvalue weighted by Gasteiger charge is -2.28. The summed E-state index contributed by atoms with van der Waals surface area (Å²) in [5.74, 6) is -0.408. The van der Waals surface area contributed by atoms with Gasteiger partial charge < -0.3 is 20.4 Å². The quantitative estimate of drug-likeness (QED) is 0.682. The Morgan fingerprint density at radius 2 is 1.52 bits per heavy atom. The molecule has 6 heteroatoms. The number of benzene rings is 2. The molecule has 120 valence electrons. The zero-order valence-electron chi connectivity index (χ0n) is 12.1. The molecule has 0 bridgehead atoms. The van der Waals surface area contributed by atoms with Crippen molar-refractivity contribution in [1.29, 1.82) is 0 Å². The van der Waals surface area contributed by atoms with Gasteiger partial charge in [0, 0.05) is 5.75 Å². The van der Waals surface area contributed by atoms with Crippen molar-refractivity contribution in [2.75, 3.05) is 12.4 Å². The van der Waals surface area contributed by atoms with Gasteiger partial charge >= 0.3 is 0 Å². The van der Waals surface area contributed by atoms with Crippen molar-refractivity contribution < 1.29 is 25.2 Å². The van der Waals surface area contributed by atoms with Gasteiger partial charge in [-0.05, 0) is 23.3 Å². The number of thioether (sulfide) groups is 1. The molecule has 4 N–H and O–H groups in total. The Balaban J connectivity index is 2.13. The molecule has 0 spiro atoms. The normalized spacial score (nSPS) is 15.1. The van der Waals surface area contributed by atoms with Crippen molar-refractivity contribution in [3.63, 3.8) is 0 Å². The number of carbonyl (C=O) groups excluding carboxylic acids is 1. The van der Waals surface area contributed by atoms with Gasteiger partial charge in [0.1, 0.15) is 11.5 Å². The average Bonchev–Trinajstić information content (AvgIpc) is 2.54. The van der Waals surface area contributed by atoms with Crippen LogP contribution >= 0.6 is 11.8 Å². The Morgan fingerprint density at radius 3 is 2.00 bits per heavy atom. The summed E-state index contributed by atoms with van der Waals surface area (Å²) in [6, 6.07) is 9.69. The van der Waals surface area contributed by atoms with Gasteiger partial charge in [-0.15, -0.1) is 11.8 Å². The summed E-state index contributed by atoms with van der Waals surface area (Å²) in [4.78, 5) is 12.7. The third-order valence-electron chi connectivity index (χ3n) is 3.83. The number of aliphatic hydroxyl groups excluding tert-OH is 2. The molecule has 0 radical (unpaired) electrons. The van der Waals surface area contributed by atoms with E-state index < -0.39 is 11.9 Å². The second kappa shape index (κ2) is 6.23. The molecule has 0 heterocycles. The van der Waals surface area contributed by atoms with E-state index in [1.165, 1.54) is 23.9 Å². The van der Waals surface area contributed by atoms with Gasteiger partial charge in [-0.3, -0.25) is 4.79 Å². The van der Waals surface area contributed by atoms with Crippen LogP contribution in [0.2, 0.25) is 0 Å². The second-order valence-electron chi connectivity index (χ2n) is 5.36. The number of carbonyl (C=O) groups is 1. The highest BCUT2D eigenvalue weighted by Gasteiger charge is 2.35. The van der Waals surface area contributed by atoms with Crippen LogP contribution in [0.3, 0.4) is 0 Å². The maximum absolute atomic E-state index is 12.7. The van der Waals surface area contributed by atoms with E-state index in [1.807, 2.05) is 0 Å². The third kappa shape index (κ3) is 2.69. The molecule has 23 heavy (non-hydrogen) atoms. The summed E-state index contributed by atoms with van der Waals surface area (Å²) in [7, 11) is 0. The summed E-state index contributed by atoms with van der Waals surface area (Å²) < 4.78 is 0. The van der Waals surface area contributed by atoms with Crippen molar-refractivity contribution >= 4 is 17.5 Å². The summed E-state index contributed by atoms with van der Waals surface area (Å²) >= 11 is 1.35. The lowest BCUT2D eigenvalue weighted by Crippen LogP contribution is -2.21. The molecule has 0 amide bonds. The van der Waals surface area contributed by atoms with E-state index in [0.29, 0.717) is 11.1 Å².